The number of fused-ring (bicyclic) bond motifs is 1. The van der Waals surface area contributed by atoms with Gasteiger partial charge in [0.1, 0.15) is 0 Å². The highest BCUT2D eigenvalue weighted by atomic mass is 15.3. The quantitative estimate of drug-likeness (QED) is 0.116. The van der Waals surface area contributed by atoms with E-state index in [-0.39, 0.29) is 23.5 Å². The van der Waals surface area contributed by atoms with E-state index in [4.69, 9.17) is 6.58 Å². The van der Waals surface area contributed by atoms with E-state index in [0.717, 1.165) is 42.4 Å². The lowest BCUT2D eigenvalue weighted by atomic mass is 9.74. The van der Waals surface area contributed by atoms with Crippen molar-refractivity contribution in [2.75, 3.05) is 6.54 Å². The van der Waals surface area contributed by atoms with Crippen LogP contribution in [-0.4, -0.2) is 35.6 Å². The molecular formula is C39H70N4. The summed E-state index contributed by atoms with van der Waals surface area (Å²) in [6.07, 6.45) is 15.5. The van der Waals surface area contributed by atoms with Crippen molar-refractivity contribution >= 4 is 0 Å². The molecule has 0 amide bonds. The molecule has 0 radical (unpaired) electrons. The van der Waals surface area contributed by atoms with E-state index in [2.05, 4.69) is 103 Å². The van der Waals surface area contributed by atoms with Crippen LogP contribution in [0.3, 0.4) is 0 Å². The monoisotopic (exact) mass is 595 g/mol. The normalized spacial score (nSPS) is 24.4. The molecule has 3 fully saturated rings. The molecule has 246 valence electrons. The van der Waals surface area contributed by atoms with Gasteiger partial charge in [0.15, 0.2) is 0 Å². The lowest BCUT2D eigenvalue weighted by Gasteiger charge is -2.45. The Kier molecular flexibility index (Phi) is 15.0. The third-order valence-corrected chi connectivity index (χ3v) is 10.0. The van der Waals surface area contributed by atoms with Crippen LogP contribution in [-0.2, 0) is 0 Å². The molecule has 3 aliphatic rings. The zero-order chi connectivity index (χ0) is 32.3. The molecule has 0 bridgehead atoms. The average molecular weight is 595 g/mol. The van der Waals surface area contributed by atoms with Gasteiger partial charge in [0.05, 0.1) is 23.9 Å². The number of piperidine rings is 1. The number of nitrogens with one attached hydrogen (secondary N) is 3. The van der Waals surface area contributed by atoms with E-state index in [1.807, 2.05) is 6.08 Å². The smallest absolute Gasteiger partial charge is 0.0920 e. The summed E-state index contributed by atoms with van der Waals surface area (Å²) in [5.74, 6) is 3.47. The van der Waals surface area contributed by atoms with Crippen molar-refractivity contribution in [1.29, 1.82) is 0 Å². The first-order valence-corrected chi connectivity index (χ1v) is 17.8. The molecule has 4 unspecified atom stereocenters. The topological polar surface area (TPSA) is 39.3 Å². The van der Waals surface area contributed by atoms with Gasteiger partial charge in [0.25, 0.3) is 0 Å². The van der Waals surface area contributed by atoms with Gasteiger partial charge in [-0.05, 0) is 66.8 Å². The molecule has 1 saturated heterocycles. The Morgan fingerprint density at radius 1 is 0.930 bits per heavy atom. The number of nitrogens with zero attached hydrogens (tertiary/aromatic N) is 1. The molecule has 3 N–H and O–H groups in total. The van der Waals surface area contributed by atoms with Gasteiger partial charge in [-0.15, -0.1) is 0 Å². The van der Waals surface area contributed by atoms with Crippen LogP contribution in [0, 0.1) is 29.1 Å². The number of likely N-dealkylation sites (tertiary alicyclic amines) is 1. The van der Waals surface area contributed by atoms with Crippen LogP contribution in [0.5, 0.6) is 0 Å². The summed E-state index contributed by atoms with van der Waals surface area (Å²) >= 11 is 0. The predicted octanol–water partition coefficient (Wildman–Crippen LogP) is 9.70. The molecule has 0 aromatic carbocycles. The Morgan fingerprint density at radius 3 is 2.05 bits per heavy atom. The van der Waals surface area contributed by atoms with Crippen LogP contribution in [0.4, 0.5) is 0 Å². The van der Waals surface area contributed by atoms with Gasteiger partial charge < -0.3 is 20.9 Å². The molecule has 0 aromatic heterocycles. The molecule has 6 atom stereocenters. The Hall–Kier alpha value is -2.10. The highest BCUT2D eigenvalue weighted by molar-refractivity contribution is 5.29. The Morgan fingerprint density at radius 2 is 1.53 bits per heavy atom. The maximum Gasteiger partial charge on any atom is 0.0920 e. The third kappa shape index (κ3) is 10.5. The van der Waals surface area contributed by atoms with Gasteiger partial charge >= 0.3 is 0 Å². The zero-order valence-electron chi connectivity index (χ0n) is 29.7. The van der Waals surface area contributed by atoms with E-state index < -0.39 is 0 Å². The second-order valence-electron chi connectivity index (χ2n) is 15.0. The van der Waals surface area contributed by atoms with Gasteiger partial charge in [-0.3, -0.25) is 0 Å². The second kappa shape index (κ2) is 17.4. The van der Waals surface area contributed by atoms with Gasteiger partial charge in [0.2, 0.25) is 0 Å². The predicted molar refractivity (Wildman–Crippen MR) is 191 cm³/mol. The maximum absolute atomic E-state index is 4.85. The zero-order valence-corrected chi connectivity index (χ0v) is 29.7. The summed E-state index contributed by atoms with van der Waals surface area (Å²) in [6, 6.07) is 1.00. The average Bonchev–Trinajstić information content (AvgIpc) is 3.66. The molecule has 2 saturated carbocycles. The van der Waals surface area contributed by atoms with Crippen molar-refractivity contribution in [3.63, 3.8) is 0 Å². The Labute approximate surface area is 268 Å². The van der Waals surface area contributed by atoms with E-state index in [9.17, 15) is 0 Å². The first kappa shape index (κ1) is 37.1. The van der Waals surface area contributed by atoms with Crippen molar-refractivity contribution in [2.45, 2.75) is 150 Å². The summed E-state index contributed by atoms with van der Waals surface area (Å²) < 4.78 is 0. The molecule has 43 heavy (non-hydrogen) atoms. The van der Waals surface area contributed by atoms with Crippen LogP contribution in [0.1, 0.15) is 126 Å². The first-order chi connectivity index (χ1) is 20.3. The summed E-state index contributed by atoms with van der Waals surface area (Å²) in [5.41, 5.74) is 3.52. The number of hydrogen-bond donors (Lipinski definition) is 3. The lowest BCUT2D eigenvalue weighted by molar-refractivity contribution is 0.167. The highest BCUT2D eigenvalue weighted by Crippen LogP contribution is 2.53. The van der Waals surface area contributed by atoms with E-state index in [0.29, 0.717) is 23.8 Å². The molecule has 3 rings (SSSR count). The summed E-state index contributed by atoms with van der Waals surface area (Å²) in [6.45, 7) is 41.5. The van der Waals surface area contributed by atoms with Crippen molar-refractivity contribution in [3.8, 4) is 0 Å². The van der Waals surface area contributed by atoms with E-state index >= 15 is 0 Å². The van der Waals surface area contributed by atoms with Gasteiger partial charge in [-0.1, -0.05) is 133 Å². The minimum Gasteiger partial charge on any atom is -0.380 e. The lowest BCUT2D eigenvalue weighted by Crippen LogP contribution is -2.53. The van der Waals surface area contributed by atoms with Crippen LogP contribution in [0.15, 0.2) is 61.8 Å². The highest BCUT2D eigenvalue weighted by Gasteiger charge is 2.55. The molecule has 0 spiro atoms. The summed E-state index contributed by atoms with van der Waals surface area (Å²) in [7, 11) is 0. The fourth-order valence-corrected chi connectivity index (χ4v) is 7.41. The van der Waals surface area contributed by atoms with Gasteiger partial charge in [0, 0.05) is 24.0 Å². The molecule has 1 heterocycles. The Balaban J connectivity index is 0.00000206. The largest absolute Gasteiger partial charge is 0.380 e. The standard InChI is InChI=1S/C36H62N4.C3H8/c1-12-18-32(25(5)6)38-29(10)39-35(36(11)19-16-14-15-17-20-36)28(9)40-23-30-22-31(30)34(40)27(8)37-33(21-24(3)4)26(7)13-2;1-3-2/h13,24-25,30-35,37-39H,2,7-10,12,14-23H2,1,3-6,11H3;3H2,1-2H3/t30-,31-,32?,33?,34?,35?;/m0./s1. The van der Waals surface area contributed by atoms with Crippen molar-refractivity contribution in [1.82, 2.24) is 20.9 Å². The maximum atomic E-state index is 4.85. The third-order valence-electron chi connectivity index (χ3n) is 10.0. The van der Waals surface area contributed by atoms with Crippen LogP contribution in [0.2, 0.25) is 0 Å². The first-order valence-electron chi connectivity index (χ1n) is 17.8. The Bertz CT molecular complexity index is 922. The van der Waals surface area contributed by atoms with Gasteiger partial charge in [-0.2, -0.15) is 0 Å². The minimum absolute atomic E-state index is 0.139. The molecule has 2 aliphatic carbocycles. The van der Waals surface area contributed by atoms with E-state index in [1.165, 1.54) is 63.5 Å². The molecule has 1 aliphatic heterocycles. The fourth-order valence-electron chi connectivity index (χ4n) is 7.41. The van der Waals surface area contributed by atoms with Gasteiger partial charge in [-0.25, -0.2) is 0 Å². The number of hydrogen-bond acceptors (Lipinski definition) is 4. The van der Waals surface area contributed by atoms with Crippen molar-refractivity contribution in [3.05, 3.63) is 61.8 Å². The molecular weight excluding hydrogens is 524 g/mol. The summed E-state index contributed by atoms with van der Waals surface area (Å²) in [5, 5.41) is 11.5. The fraction of sp³-hybridized carbons (Fsp3) is 0.744. The van der Waals surface area contributed by atoms with E-state index in [1.54, 1.807) is 0 Å². The van der Waals surface area contributed by atoms with Crippen LogP contribution >= 0.6 is 0 Å². The van der Waals surface area contributed by atoms with Crippen LogP contribution < -0.4 is 16.0 Å². The van der Waals surface area contributed by atoms with Crippen LogP contribution in [0.25, 0.3) is 0 Å². The van der Waals surface area contributed by atoms with Crippen molar-refractivity contribution in [2.24, 2.45) is 29.1 Å². The SMILES string of the molecule is C=CC(=C)C(CC(C)C)NC(=C)C1[C@H]2C[C@H]2CN1C(=C)C(NC(=C)NC(CCC)C(C)C)C1(C)CCCCCC1.CCC. The van der Waals surface area contributed by atoms with Crippen molar-refractivity contribution < 1.29 is 0 Å². The second-order valence-corrected chi connectivity index (χ2v) is 15.0. The molecule has 4 heteroatoms. The number of rotatable bonds is 17. The minimum atomic E-state index is 0.139. The molecule has 4 nitrogen and oxygen atoms in total. The summed E-state index contributed by atoms with van der Waals surface area (Å²) in [4.78, 5) is 2.60. The molecule has 0 aromatic rings.